The van der Waals surface area contributed by atoms with Gasteiger partial charge < -0.3 is 15.1 Å². The molecule has 1 saturated heterocycles. The first-order valence-electron chi connectivity index (χ1n) is 7.70. The molecule has 3 nitrogen and oxygen atoms in total. The number of hydrogen-bond donors (Lipinski definition) is 2. The molecule has 0 radical (unpaired) electrons. The molecule has 0 saturated carbocycles. The second-order valence-electron chi connectivity index (χ2n) is 6.21. The summed E-state index contributed by atoms with van der Waals surface area (Å²) in [6.07, 6.45) is 5.57. The van der Waals surface area contributed by atoms with Gasteiger partial charge in [-0.3, -0.25) is 0 Å². The van der Waals surface area contributed by atoms with Gasteiger partial charge in [-0.2, -0.15) is 11.8 Å². The van der Waals surface area contributed by atoms with Crippen molar-refractivity contribution in [3.63, 3.8) is 0 Å². The van der Waals surface area contributed by atoms with Crippen molar-refractivity contribution in [3.8, 4) is 0 Å². The van der Waals surface area contributed by atoms with Gasteiger partial charge in [-0.05, 0) is 48.3 Å². The van der Waals surface area contributed by atoms with Crippen LogP contribution in [0.4, 0.5) is 0 Å². The minimum absolute atomic E-state index is 0.575. The van der Waals surface area contributed by atoms with Crippen molar-refractivity contribution in [2.75, 3.05) is 18.1 Å². The molecule has 21 heavy (non-hydrogen) atoms. The molecule has 2 aliphatic rings. The lowest BCUT2D eigenvalue weighted by Gasteiger charge is -2.40. The summed E-state index contributed by atoms with van der Waals surface area (Å²) >= 11 is 1.76. The first-order chi connectivity index (χ1) is 10.4. The topological polar surface area (TPSA) is 44.9 Å². The van der Waals surface area contributed by atoms with E-state index in [1.807, 2.05) is 0 Å². The molecule has 3 atom stereocenters. The highest BCUT2D eigenvalue weighted by Crippen LogP contribution is 2.42. The summed E-state index contributed by atoms with van der Waals surface area (Å²) in [7, 11) is 0. The zero-order valence-corrected chi connectivity index (χ0v) is 12.8. The van der Waals surface area contributed by atoms with Crippen LogP contribution in [0, 0.1) is 5.92 Å². The number of aromatic nitrogens is 1. The average Bonchev–Trinajstić information content (AvgIpc) is 2.93. The van der Waals surface area contributed by atoms with Gasteiger partial charge in [0.15, 0.2) is 0 Å². The molecule has 0 spiro atoms. The van der Waals surface area contributed by atoms with Crippen molar-refractivity contribution in [2.45, 2.75) is 24.8 Å². The Bertz CT molecular complexity index is 666. The highest BCUT2D eigenvalue weighted by molar-refractivity contribution is 7.99. The minimum Gasteiger partial charge on any atom is -0.361 e. The van der Waals surface area contributed by atoms with Gasteiger partial charge in [-0.1, -0.05) is 12.1 Å². The Morgan fingerprint density at radius 3 is 3.24 bits per heavy atom. The normalized spacial score (nSPS) is 27.5. The van der Waals surface area contributed by atoms with E-state index in [0.717, 1.165) is 25.0 Å². The maximum absolute atomic E-state index is 10.5. The van der Waals surface area contributed by atoms with Gasteiger partial charge >= 0.3 is 0 Å². The third kappa shape index (κ3) is 2.30. The van der Waals surface area contributed by atoms with E-state index in [4.69, 9.17) is 0 Å². The standard InChI is InChI=1S/C17H20N2OS/c20-4-5-21-10-11-6-14-13-2-1-3-15-17(13)12(9-19-15)7-16(14)18-8-11/h1-4,9,11,14,16,18-19H,5-8,10H2/t11-,14-,16-/m1/s1. The summed E-state index contributed by atoms with van der Waals surface area (Å²) in [6, 6.07) is 7.23. The Labute approximate surface area is 128 Å². The molecular weight excluding hydrogens is 280 g/mol. The monoisotopic (exact) mass is 300 g/mol. The minimum atomic E-state index is 0.575. The summed E-state index contributed by atoms with van der Waals surface area (Å²) in [5, 5.41) is 5.22. The number of piperidine rings is 1. The van der Waals surface area contributed by atoms with Crippen molar-refractivity contribution in [1.29, 1.82) is 0 Å². The fourth-order valence-electron chi connectivity index (χ4n) is 4.03. The fraction of sp³-hybridized carbons (Fsp3) is 0.471. The molecule has 0 amide bonds. The molecule has 2 aromatic rings. The van der Waals surface area contributed by atoms with Gasteiger partial charge in [0.2, 0.25) is 0 Å². The van der Waals surface area contributed by atoms with E-state index in [1.165, 1.54) is 28.5 Å². The van der Waals surface area contributed by atoms with Crippen LogP contribution in [0.15, 0.2) is 24.4 Å². The van der Waals surface area contributed by atoms with Crippen molar-refractivity contribution in [1.82, 2.24) is 10.3 Å². The number of carbonyl (C=O) groups is 1. The lowest BCUT2D eigenvalue weighted by Crippen LogP contribution is -2.47. The molecule has 2 heterocycles. The van der Waals surface area contributed by atoms with Crippen LogP contribution in [-0.2, 0) is 11.2 Å². The molecule has 1 aliphatic heterocycles. The van der Waals surface area contributed by atoms with Crippen LogP contribution in [0.3, 0.4) is 0 Å². The quantitative estimate of drug-likeness (QED) is 0.674. The van der Waals surface area contributed by atoms with Gasteiger partial charge in [-0.15, -0.1) is 0 Å². The van der Waals surface area contributed by atoms with Crippen LogP contribution in [-0.4, -0.2) is 35.4 Å². The van der Waals surface area contributed by atoms with Gasteiger partial charge in [0, 0.05) is 34.8 Å². The number of nitrogens with one attached hydrogen (secondary N) is 2. The second-order valence-corrected chi connectivity index (χ2v) is 7.29. The molecule has 2 N–H and O–H groups in total. The predicted octanol–water partition coefficient (Wildman–Crippen LogP) is 2.72. The Hall–Kier alpha value is -1.26. The average molecular weight is 300 g/mol. The molecule has 0 unspecified atom stereocenters. The summed E-state index contributed by atoms with van der Waals surface area (Å²) in [5.41, 5.74) is 4.25. The highest BCUT2D eigenvalue weighted by atomic mass is 32.2. The van der Waals surface area contributed by atoms with Crippen molar-refractivity contribution in [3.05, 3.63) is 35.5 Å². The molecule has 1 fully saturated rings. The van der Waals surface area contributed by atoms with Crippen LogP contribution in [0.2, 0.25) is 0 Å². The first kappa shape index (κ1) is 13.4. The summed E-state index contributed by atoms with van der Waals surface area (Å²) in [5.74, 6) is 3.01. The highest BCUT2D eigenvalue weighted by Gasteiger charge is 2.35. The number of aromatic amines is 1. The van der Waals surface area contributed by atoms with Crippen LogP contribution in [0.25, 0.3) is 10.9 Å². The molecule has 1 aliphatic carbocycles. The molecule has 110 valence electrons. The number of rotatable bonds is 4. The fourth-order valence-corrected chi connectivity index (χ4v) is 4.85. The van der Waals surface area contributed by atoms with E-state index in [-0.39, 0.29) is 0 Å². The molecular formula is C17H20N2OS. The summed E-state index contributed by atoms with van der Waals surface area (Å²) in [6.45, 7) is 1.09. The molecule has 4 rings (SSSR count). The number of carbonyl (C=O) groups excluding carboxylic acids is 1. The van der Waals surface area contributed by atoms with E-state index in [1.54, 1.807) is 11.8 Å². The third-order valence-corrected chi connectivity index (χ3v) is 6.02. The van der Waals surface area contributed by atoms with Crippen molar-refractivity contribution >= 4 is 29.0 Å². The first-order valence-corrected chi connectivity index (χ1v) is 8.86. The number of benzene rings is 1. The van der Waals surface area contributed by atoms with E-state index in [2.05, 4.69) is 34.7 Å². The third-order valence-electron chi connectivity index (χ3n) is 4.94. The summed E-state index contributed by atoms with van der Waals surface area (Å²) < 4.78 is 0. The maximum atomic E-state index is 10.5. The maximum Gasteiger partial charge on any atom is 0.129 e. The zero-order valence-electron chi connectivity index (χ0n) is 12.0. The summed E-state index contributed by atoms with van der Waals surface area (Å²) in [4.78, 5) is 13.9. The van der Waals surface area contributed by atoms with Crippen LogP contribution < -0.4 is 5.32 Å². The molecule has 0 bridgehead atoms. The Balaban J connectivity index is 1.61. The second kappa shape index (κ2) is 5.50. The SMILES string of the molecule is O=CCSC[C@H]1CN[C@@H]2Cc3c[nH]c4cccc(c34)[C@H]2C1. The van der Waals surface area contributed by atoms with Crippen LogP contribution in [0.5, 0.6) is 0 Å². The van der Waals surface area contributed by atoms with Gasteiger partial charge in [-0.25, -0.2) is 0 Å². The van der Waals surface area contributed by atoms with Crippen molar-refractivity contribution in [2.24, 2.45) is 5.92 Å². The Kier molecular flexibility index (Phi) is 3.51. The predicted molar refractivity (Wildman–Crippen MR) is 88.0 cm³/mol. The zero-order chi connectivity index (χ0) is 14.2. The lowest BCUT2D eigenvalue weighted by atomic mass is 9.73. The van der Waals surface area contributed by atoms with E-state index in [9.17, 15) is 4.79 Å². The number of fused-ring (bicyclic) bond motifs is 2. The van der Waals surface area contributed by atoms with Crippen LogP contribution in [0.1, 0.15) is 23.5 Å². The van der Waals surface area contributed by atoms with Gasteiger partial charge in [0.1, 0.15) is 6.29 Å². The largest absolute Gasteiger partial charge is 0.361 e. The number of hydrogen-bond acceptors (Lipinski definition) is 3. The molecule has 1 aromatic carbocycles. The Morgan fingerprint density at radius 2 is 2.33 bits per heavy atom. The van der Waals surface area contributed by atoms with Crippen LogP contribution >= 0.6 is 11.8 Å². The van der Waals surface area contributed by atoms with E-state index < -0.39 is 0 Å². The smallest absolute Gasteiger partial charge is 0.129 e. The Morgan fingerprint density at radius 1 is 1.38 bits per heavy atom. The van der Waals surface area contributed by atoms with Gasteiger partial charge in [0.05, 0.1) is 0 Å². The van der Waals surface area contributed by atoms with Crippen molar-refractivity contribution < 1.29 is 4.79 Å². The van der Waals surface area contributed by atoms with E-state index in [0.29, 0.717) is 23.6 Å². The number of thioether (sulfide) groups is 1. The molecule has 1 aromatic heterocycles. The number of aldehydes is 1. The van der Waals surface area contributed by atoms with Gasteiger partial charge in [0.25, 0.3) is 0 Å². The molecule has 4 heteroatoms. The van der Waals surface area contributed by atoms with E-state index >= 15 is 0 Å². The number of H-pyrrole nitrogens is 1. The lowest BCUT2D eigenvalue weighted by molar-refractivity contribution is -0.105.